The molecular formula is C30H30O7. The zero-order valence-electron chi connectivity index (χ0n) is 20.7. The van der Waals surface area contributed by atoms with Crippen LogP contribution in [0.2, 0.25) is 0 Å². The minimum absolute atomic E-state index is 0.112. The van der Waals surface area contributed by atoms with Gasteiger partial charge in [-0.2, -0.15) is 0 Å². The van der Waals surface area contributed by atoms with Crippen LogP contribution in [0, 0.1) is 5.92 Å². The Morgan fingerprint density at radius 2 is 1.41 bits per heavy atom. The van der Waals surface area contributed by atoms with Crippen molar-refractivity contribution in [2.75, 3.05) is 13.7 Å². The van der Waals surface area contributed by atoms with E-state index in [9.17, 15) is 19.8 Å². The van der Waals surface area contributed by atoms with E-state index in [1.54, 1.807) is 86.0 Å². The molecule has 2 atom stereocenters. The number of esters is 2. The monoisotopic (exact) mass is 502 g/mol. The van der Waals surface area contributed by atoms with Gasteiger partial charge in [-0.15, -0.1) is 0 Å². The molecule has 0 bridgehead atoms. The SMILES string of the molecule is COCC(CC=Cc1ccc(O)cc1)C(OC(=O)C=Cc1ccc(OC(C)=O)cc1)c1ccc(O)cc1. The maximum absolute atomic E-state index is 12.8. The summed E-state index contributed by atoms with van der Waals surface area (Å²) in [5.41, 5.74) is 2.39. The van der Waals surface area contributed by atoms with Crippen LogP contribution < -0.4 is 4.74 Å². The van der Waals surface area contributed by atoms with Crippen LogP contribution in [0.3, 0.4) is 0 Å². The van der Waals surface area contributed by atoms with Gasteiger partial charge in [0, 0.05) is 26.0 Å². The molecule has 3 rings (SSSR count). The molecule has 0 saturated heterocycles. The number of aromatic hydroxyl groups is 2. The summed E-state index contributed by atoms with van der Waals surface area (Å²) in [6.45, 7) is 1.66. The first kappa shape index (κ1) is 27.2. The molecule has 7 heteroatoms. The Hall–Kier alpha value is -4.36. The number of phenolic OH excluding ortho intramolecular Hbond substituents is 2. The van der Waals surface area contributed by atoms with Crippen LogP contribution in [0.25, 0.3) is 12.2 Å². The smallest absolute Gasteiger partial charge is 0.331 e. The first-order valence-electron chi connectivity index (χ1n) is 11.7. The highest BCUT2D eigenvalue weighted by Crippen LogP contribution is 2.31. The molecule has 0 saturated carbocycles. The lowest BCUT2D eigenvalue weighted by Crippen LogP contribution is -2.22. The fourth-order valence-electron chi connectivity index (χ4n) is 3.70. The zero-order valence-corrected chi connectivity index (χ0v) is 20.7. The van der Waals surface area contributed by atoms with Gasteiger partial charge in [-0.25, -0.2) is 4.79 Å². The predicted molar refractivity (Wildman–Crippen MR) is 141 cm³/mol. The van der Waals surface area contributed by atoms with Gasteiger partial charge in [0.05, 0.1) is 6.61 Å². The van der Waals surface area contributed by atoms with Crippen molar-refractivity contribution in [3.8, 4) is 17.2 Å². The number of phenols is 2. The molecule has 7 nitrogen and oxygen atoms in total. The number of carbonyl (C=O) groups is 2. The summed E-state index contributed by atoms with van der Waals surface area (Å²) < 4.78 is 16.3. The van der Waals surface area contributed by atoms with E-state index >= 15 is 0 Å². The molecule has 3 aromatic carbocycles. The van der Waals surface area contributed by atoms with Gasteiger partial charge >= 0.3 is 11.9 Å². The number of allylic oxidation sites excluding steroid dienone is 1. The van der Waals surface area contributed by atoms with Crippen molar-refractivity contribution >= 4 is 24.1 Å². The van der Waals surface area contributed by atoms with Crippen molar-refractivity contribution in [1.82, 2.24) is 0 Å². The van der Waals surface area contributed by atoms with E-state index in [0.29, 0.717) is 18.8 Å². The number of hydrogen-bond donors (Lipinski definition) is 2. The Morgan fingerprint density at radius 3 is 2.00 bits per heavy atom. The van der Waals surface area contributed by atoms with E-state index in [2.05, 4.69) is 0 Å². The molecule has 0 spiro atoms. The van der Waals surface area contributed by atoms with E-state index in [1.165, 1.54) is 13.0 Å². The first-order chi connectivity index (χ1) is 17.8. The quantitative estimate of drug-likeness (QED) is 0.197. The third-order valence-electron chi connectivity index (χ3n) is 5.47. The second-order valence-corrected chi connectivity index (χ2v) is 8.39. The van der Waals surface area contributed by atoms with Gasteiger partial charge < -0.3 is 24.4 Å². The Balaban J connectivity index is 1.75. The van der Waals surface area contributed by atoms with Crippen LogP contribution in [0.1, 0.15) is 36.1 Å². The Bertz CT molecular complexity index is 1210. The van der Waals surface area contributed by atoms with Gasteiger partial charge in [0.15, 0.2) is 0 Å². The largest absolute Gasteiger partial charge is 0.508 e. The Kier molecular flexibility index (Phi) is 10.0. The fraction of sp³-hybridized carbons (Fsp3) is 0.200. The third kappa shape index (κ3) is 8.98. The molecule has 2 N–H and O–H groups in total. The molecule has 192 valence electrons. The van der Waals surface area contributed by atoms with E-state index in [4.69, 9.17) is 14.2 Å². The van der Waals surface area contributed by atoms with Gasteiger partial charge in [0.2, 0.25) is 0 Å². The van der Waals surface area contributed by atoms with Crippen molar-refractivity contribution < 1.29 is 34.0 Å². The van der Waals surface area contributed by atoms with Crippen LogP contribution in [-0.2, 0) is 19.1 Å². The van der Waals surface area contributed by atoms with Gasteiger partial charge in [-0.3, -0.25) is 4.79 Å². The van der Waals surface area contributed by atoms with Crippen molar-refractivity contribution in [3.63, 3.8) is 0 Å². The minimum atomic E-state index is -0.631. The Labute approximate surface area is 216 Å². The summed E-state index contributed by atoms with van der Waals surface area (Å²) in [6, 6.07) is 20.1. The average molecular weight is 503 g/mol. The maximum Gasteiger partial charge on any atom is 0.331 e. The molecule has 0 aromatic heterocycles. The molecule has 0 aliphatic rings. The van der Waals surface area contributed by atoms with E-state index in [1.807, 2.05) is 12.2 Å². The van der Waals surface area contributed by atoms with E-state index in [-0.39, 0.29) is 17.4 Å². The summed E-state index contributed by atoms with van der Waals surface area (Å²) >= 11 is 0. The highest BCUT2D eigenvalue weighted by atomic mass is 16.5. The van der Waals surface area contributed by atoms with E-state index < -0.39 is 18.0 Å². The molecule has 0 radical (unpaired) electrons. The number of ether oxygens (including phenoxy) is 3. The van der Waals surface area contributed by atoms with E-state index in [0.717, 1.165) is 16.7 Å². The average Bonchev–Trinajstić information content (AvgIpc) is 2.88. The van der Waals surface area contributed by atoms with Crippen LogP contribution >= 0.6 is 0 Å². The summed E-state index contributed by atoms with van der Waals surface area (Å²) in [4.78, 5) is 23.9. The lowest BCUT2D eigenvalue weighted by Gasteiger charge is -2.26. The number of rotatable bonds is 11. The molecule has 0 fully saturated rings. The molecule has 37 heavy (non-hydrogen) atoms. The van der Waals surface area contributed by atoms with Crippen molar-refractivity contribution in [2.24, 2.45) is 5.92 Å². The standard InChI is InChI=1S/C30H30O7/c1-21(31)36-28-17-8-23(9-18-28)10-19-29(34)37-30(24-11-15-27(33)16-12-24)25(20-35-2)5-3-4-22-6-13-26(32)14-7-22/h3-4,6-19,25,30,32-33H,5,20H2,1-2H3. The molecule has 3 aromatic rings. The summed E-state index contributed by atoms with van der Waals surface area (Å²) in [5.74, 6) is -0.421. The Morgan fingerprint density at radius 1 is 0.838 bits per heavy atom. The summed E-state index contributed by atoms with van der Waals surface area (Å²) in [5, 5.41) is 19.2. The first-order valence-corrected chi connectivity index (χ1v) is 11.7. The number of methoxy groups -OCH3 is 1. The van der Waals surface area contributed by atoms with Gasteiger partial charge in [0.1, 0.15) is 23.4 Å². The van der Waals surface area contributed by atoms with Crippen molar-refractivity contribution in [1.29, 1.82) is 0 Å². The molecule has 0 aliphatic heterocycles. The number of carbonyl (C=O) groups excluding carboxylic acids is 2. The van der Waals surface area contributed by atoms with Crippen molar-refractivity contribution in [3.05, 3.63) is 102 Å². The van der Waals surface area contributed by atoms with Gasteiger partial charge in [0.25, 0.3) is 0 Å². The minimum Gasteiger partial charge on any atom is -0.508 e. The predicted octanol–water partition coefficient (Wildman–Crippen LogP) is 5.69. The number of benzene rings is 3. The lowest BCUT2D eigenvalue weighted by atomic mass is 9.92. The topological polar surface area (TPSA) is 102 Å². The number of hydrogen-bond acceptors (Lipinski definition) is 7. The maximum atomic E-state index is 12.8. The molecule has 0 amide bonds. The summed E-state index contributed by atoms with van der Waals surface area (Å²) in [6.07, 6.45) is 6.77. The molecular weight excluding hydrogens is 472 g/mol. The molecule has 2 unspecified atom stereocenters. The van der Waals surface area contributed by atoms with Crippen LogP contribution in [-0.4, -0.2) is 35.9 Å². The highest BCUT2D eigenvalue weighted by Gasteiger charge is 2.26. The molecule has 0 heterocycles. The fourth-order valence-corrected chi connectivity index (χ4v) is 3.70. The lowest BCUT2D eigenvalue weighted by molar-refractivity contribution is -0.147. The summed E-state index contributed by atoms with van der Waals surface area (Å²) in [7, 11) is 1.59. The normalized spacial score (nSPS) is 12.9. The second kappa shape index (κ2) is 13.7. The van der Waals surface area contributed by atoms with Crippen LogP contribution in [0.4, 0.5) is 0 Å². The molecule has 0 aliphatic carbocycles. The van der Waals surface area contributed by atoms with Gasteiger partial charge in [-0.1, -0.05) is 48.6 Å². The highest BCUT2D eigenvalue weighted by molar-refractivity contribution is 5.87. The van der Waals surface area contributed by atoms with Crippen LogP contribution in [0.5, 0.6) is 17.2 Å². The van der Waals surface area contributed by atoms with Crippen LogP contribution in [0.15, 0.2) is 84.9 Å². The second-order valence-electron chi connectivity index (χ2n) is 8.39. The van der Waals surface area contributed by atoms with Gasteiger partial charge in [-0.05, 0) is 65.6 Å². The third-order valence-corrected chi connectivity index (χ3v) is 5.47. The van der Waals surface area contributed by atoms with Crippen molar-refractivity contribution in [2.45, 2.75) is 19.4 Å². The zero-order chi connectivity index (χ0) is 26.6.